The van der Waals surface area contributed by atoms with Crippen LogP contribution in [0.1, 0.15) is 55.3 Å². The number of unbranched alkanes of at least 4 members (excludes halogenated alkanes) is 1. The Morgan fingerprint density at radius 3 is 2.31 bits per heavy atom. The molecule has 2 heterocycles. The molecule has 0 saturated heterocycles. The number of benzene rings is 2. The molecule has 19 heteroatoms. The van der Waals surface area contributed by atoms with Gasteiger partial charge in [0, 0.05) is 24.8 Å². The van der Waals surface area contributed by atoms with Crippen molar-refractivity contribution in [1.29, 1.82) is 0 Å². The minimum atomic E-state index is -4.99. The fraction of sp³-hybridized carbons (Fsp3) is 0.429. The maximum absolute atomic E-state index is 15.4. The van der Waals surface area contributed by atoms with Crippen molar-refractivity contribution in [2.45, 2.75) is 63.0 Å². The number of amides is 2. The fourth-order valence-corrected chi connectivity index (χ4v) is 6.39. The van der Waals surface area contributed by atoms with Gasteiger partial charge in [-0.15, -0.1) is 0 Å². The highest BCUT2D eigenvalue weighted by atomic mass is 19.4. The highest BCUT2D eigenvalue weighted by Crippen LogP contribution is 2.45. The summed E-state index contributed by atoms with van der Waals surface area (Å²) in [4.78, 5) is 34.7. The Labute approximate surface area is 303 Å². The Hall–Kier alpha value is -4.88. The van der Waals surface area contributed by atoms with Gasteiger partial charge in [-0.3, -0.25) is 14.6 Å². The summed E-state index contributed by atoms with van der Waals surface area (Å²) in [6.07, 6.45) is -6.99. The molecule has 2 aromatic carbocycles. The number of aliphatic hydroxyl groups is 2. The molecule has 2 amide bonds. The number of hydrazine groups is 1. The first-order chi connectivity index (χ1) is 25.5. The van der Waals surface area contributed by atoms with Gasteiger partial charge in [0.05, 0.1) is 48.8 Å². The van der Waals surface area contributed by atoms with E-state index in [1.807, 2.05) is 0 Å². The number of rotatable bonds is 13. The van der Waals surface area contributed by atoms with E-state index < -0.39 is 93.2 Å². The van der Waals surface area contributed by atoms with Crippen LogP contribution in [0, 0.1) is 11.6 Å². The minimum absolute atomic E-state index is 0.0258. The first-order valence-corrected chi connectivity index (χ1v) is 16.7. The van der Waals surface area contributed by atoms with Crippen molar-refractivity contribution in [3.63, 3.8) is 0 Å². The molecule has 1 spiro atoms. The summed E-state index contributed by atoms with van der Waals surface area (Å²) >= 11 is 0. The maximum Gasteiger partial charge on any atom is 0.433 e. The van der Waals surface area contributed by atoms with Gasteiger partial charge in [-0.1, -0.05) is 18.9 Å². The number of halogens is 8. The molecule has 292 valence electrons. The predicted octanol–water partition coefficient (Wildman–Crippen LogP) is 6.58. The van der Waals surface area contributed by atoms with E-state index >= 15 is 8.78 Å². The summed E-state index contributed by atoms with van der Waals surface area (Å²) in [6.45, 7) is -0.236. The minimum Gasteiger partial charge on any atom is -0.509 e. The van der Waals surface area contributed by atoms with Crippen molar-refractivity contribution in [1.82, 2.24) is 20.0 Å². The standard InChI is InChI=1S/C35H35F8N5O6/c1-47-33(10-2-3-11-33)30(50)27(32(52)48(47)18-20-6-9-25(29(37)28(20)36)54-14-5-4-13-53-15-12-49)31(51)46-23-8-7-21(34(38,39)40)16-22(23)24-17-26(35(41,42)43)45-19-44-24/h6-9,16-17,19,49-50H,2-5,10-15,18H2,1H3,(H,46,51). The van der Waals surface area contributed by atoms with Crippen LogP contribution in [0.3, 0.4) is 0 Å². The molecule has 0 radical (unpaired) electrons. The van der Waals surface area contributed by atoms with Crippen LogP contribution < -0.4 is 10.1 Å². The van der Waals surface area contributed by atoms with Gasteiger partial charge in [0.1, 0.15) is 23.4 Å². The molecule has 11 nitrogen and oxygen atoms in total. The average Bonchev–Trinajstić information content (AvgIpc) is 3.62. The van der Waals surface area contributed by atoms with E-state index in [4.69, 9.17) is 14.6 Å². The van der Waals surface area contributed by atoms with Gasteiger partial charge in [0.15, 0.2) is 11.6 Å². The molecule has 0 bridgehead atoms. The number of nitrogens with zero attached hydrogens (tertiary/aromatic N) is 4. The second-order valence-electron chi connectivity index (χ2n) is 12.6. The van der Waals surface area contributed by atoms with Crippen molar-refractivity contribution in [3.8, 4) is 17.0 Å². The Morgan fingerprint density at radius 1 is 0.944 bits per heavy atom. The Kier molecular flexibility index (Phi) is 12.1. The maximum atomic E-state index is 15.4. The number of alkyl halides is 6. The van der Waals surface area contributed by atoms with Crippen LogP contribution in [-0.2, 0) is 33.2 Å². The van der Waals surface area contributed by atoms with Crippen LogP contribution in [-0.4, -0.2) is 81.0 Å². The highest BCUT2D eigenvalue weighted by molar-refractivity contribution is 6.24. The summed E-state index contributed by atoms with van der Waals surface area (Å²) < 4.78 is 123. The lowest BCUT2D eigenvalue weighted by atomic mass is 9.88. The number of aliphatic hydroxyl groups excluding tert-OH is 2. The van der Waals surface area contributed by atoms with Crippen molar-refractivity contribution >= 4 is 17.5 Å². The second kappa shape index (κ2) is 16.2. The largest absolute Gasteiger partial charge is 0.509 e. The molecule has 1 aliphatic carbocycles. The summed E-state index contributed by atoms with van der Waals surface area (Å²) in [5.74, 6) is -6.25. The zero-order valence-corrected chi connectivity index (χ0v) is 28.7. The monoisotopic (exact) mass is 773 g/mol. The fourth-order valence-electron chi connectivity index (χ4n) is 6.39. The van der Waals surface area contributed by atoms with E-state index in [1.54, 1.807) is 0 Å². The van der Waals surface area contributed by atoms with Gasteiger partial charge < -0.3 is 25.0 Å². The first-order valence-electron chi connectivity index (χ1n) is 16.7. The number of aromatic nitrogens is 2. The number of hydrogen-bond acceptors (Lipinski definition) is 9. The summed E-state index contributed by atoms with van der Waals surface area (Å²) in [5.41, 5.74) is -7.03. The number of ether oxygens (including phenoxy) is 2. The van der Waals surface area contributed by atoms with Crippen molar-refractivity contribution in [3.05, 3.63) is 82.5 Å². The SMILES string of the molecule is CN1N(Cc2ccc(OCCCCOCCO)c(F)c2F)C(=O)C(C(=O)Nc2ccc(C(F)(F)F)cc2-c2cc(C(F)(F)F)ncn2)=C(O)C12CCCC2. The first kappa shape index (κ1) is 40.3. The topological polar surface area (TPSA) is 137 Å². The van der Waals surface area contributed by atoms with Crippen molar-refractivity contribution in [2.24, 2.45) is 0 Å². The number of hydrogen-bond donors (Lipinski definition) is 3. The van der Waals surface area contributed by atoms with Gasteiger partial charge >= 0.3 is 12.4 Å². The number of nitrogens with one attached hydrogen (secondary N) is 1. The molecule has 2 aliphatic rings. The van der Waals surface area contributed by atoms with Crippen LogP contribution in [0.15, 0.2) is 54.1 Å². The van der Waals surface area contributed by atoms with Crippen molar-refractivity contribution in [2.75, 3.05) is 38.8 Å². The van der Waals surface area contributed by atoms with E-state index in [9.17, 15) is 41.0 Å². The molecule has 3 aromatic rings. The number of likely N-dealkylation sites (N-methyl/N-ethyl adjacent to an activating group) is 1. The molecule has 1 aliphatic heterocycles. The van der Waals surface area contributed by atoms with E-state index in [0.29, 0.717) is 56.8 Å². The molecule has 5 rings (SSSR count). The van der Waals surface area contributed by atoms with Crippen LogP contribution in [0.4, 0.5) is 40.8 Å². The van der Waals surface area contributed by atoms with Crippen LogP contribution >= 0.6 is 0 Å². The Morgan fingerprint density at radius 2 is 1.65 bits per heavy atom. The van der Waals surface area contributed by atoms with Crippen LogP contribution in [0.5, 0.6) is 5.75 Å². The predicted molar refractivity (Wildman–Crippen MR) is 174 cm³/mol. The zero-order valence-electron chi connectivity index (χ0n) is 28.7. The molecule has 0 unspecified atom stereocenters. The summed E-state index contributed by atoms with van der Waals surface area (Å²) in [5, 5.41) is 24.8. The third-order valence-corrected chi connectivity index (χ3v) is 9.22. The van der Waals surface area contributed by atoms with Gasteiger partial charge in [0.25, 0.3) is 11.8 Å². The lowest BCUT2D eigenvalue weighted by Gasteiger charge is -2.48. The van der Waals surface area contributed by atoms with E-state index in [1.165, 1.54) is 24.2 Å². The molecule has 54 heavy (non-hydrogen) atoms. The zero-order chi connectivity index (χ0) is 39.4. The van der Waals surface area contributed by atoms with Gasteiger partial charge in [-0.25, -0.2) is 19.4 Å². The van der Waals surface area contributed by atoms with E-state index in [2.05, 4.69) is 15.3 Å². The molecule has 0 atom stereocenters. The molecule has 1 saturated carbocycles. The molecule has 1 fully saturated rings. The quantitative estimate of drug-likeness (QED) is 0.100. The van der Waals surface area contributed by atoms with Crippen LogP contribution in [0.25, 0.3) is 11.3 Å². The molecule has 3 N–H and O–H groups in total. The number of carbonyl (C=O) groups excluding carboxylic acids is 2. The van der Waals surface area contributed by atoms with Crippen molar-refractivity contribution < 1.29 is 64.4 Å². The van der Waals surface area contributed by atoms with Gasteiger partial charge in [-0.05, 0) is 56.0 Å². The number of anilines is 1. The van der Waals surface area contributed by atoms with Gasteiger partial charge in [-0.2, -0.15) is 30.7 Å². The number of carbonyl (C=O) groups is 2. The third kappa shape index (κ3) is 8.42. The van der Waals surface area contributed by atoms with Crippen LogP contribution in [0.2, 0.25) is 0 Å². The molecular formula is C35H35F8N5O6. The average molecular weight is 774 g/mol. The smallest absolute Gasteiger partial charge is 0.433 e. The lowest BCUT2D eigenvalue weighted by molar-refractivity contribution is -0.163. The van der Waals surface area contributed by atoms with E-state index in [0.717, 1.165) is 11.1 Å². The molecular weight excluding hydrogens is 738 g/mol. The lowest BCUT2D eigenvalue weighted by Crippen LogP contribution is -2.62. The summed E-state index contributed by atoms with van der Waals surface area (Å²) in [7, 11) is 1.42. The summed E-state index contributed by atoms with van der Waals surface area (Å²) in [6, 6.07) is 4.52. The van der Waals surface area contributed by atoms with Gasteiger partial charge in [0.2, 0.25) is 5.82 Å². The Balaban J connectivity index is 1.45. The molecule has 1 aromatic heterocycles. The normalized spacial score (nSPS) is 16.4. The third-order valence-electron chi connectivity index (χ3n) is 9.22. The van der Waals surface area contributed by atoms with E-state index in [-0.39, 0.29) is 38.2 Å². The second-order valence-corrected chi connectivity index (χ2v) is 12.6. The Bertz CT molecular complexity index is 1900. The highest BCUT2D eigenvalue weighted by Gasteiger charge is 2.53.